The van der Waals surface area contributed by atoms with Crippen LogP contribution in [-0.4, -0.2) is 26.6 Å². The topological polar surface area (TPSA) is 87.6 Å². The molecule has 0 fully saturated rings. The zero-order valence-electron chi connectivity index (χ0n) is 13.7. The average Bonchev–Trinajstić information content (AvgIpc) is 2.55. The molecule has 2 rings (SSSR count). The van der Waals surface area contributed by atoms with Crippen molar-refractivity contribution in [1.29, 1.82) is 0 Å². The number of rotatable bonds is 6. The van der Waals surface area contributed by atoms with E-state index in [9.17, 15) is 17.6 Å². The second-order valence-corrected chi connectivity index (χ2v) is 7.21. The molecule has 0 heterocycles. The van der Waals surface area contributed by atoms with E-state index < -0.39 is 15.9 Å². The number of carbonyl (C=O) groups is 1. The van der Waals surface area contributed by atoms with Crippen LogP contribution in [0.4, 0.5) is 4.39 Å². The van der Waals surface area contributed by atoms with Gasteiger partial charge in [0.15, 0.2) is 0 Å². The van der Waals surface area contributed by atoms with Crippen molar-refractivity contribution in [3.05, 3.63) is 65.5 Å². The summed E-state index contributed by atoms with van der Waals surface area (Å²) in [7, 11) is -3.82. The van der Waals surface area contributed by atoms with E-state index in [-0.39, 0.29) is 22.3 Å². The Bertz CT molecular complexity index is 878. The van der Waals surface area contributed by atoms with Crippen molar-refractivity contribution in [3.8, 4) is 0 Å². The molecular formula is C17H18FN3O3S. The van der Waals surface area contributed by atoms with Gasteiger partial charge in [0.2, 0.25) is 10.0 Å². The third-order valence-electron chi connectivity index (χ3n) is 3.06. The highest BCUT2D eigenvalue weighted by Gasteiger charge is 2.22. The van der Waals surface area contributed by atoms with Gasteiger partial charge >= 0.3 is 0 Å². The Balaban J connectivity index is 2.18. The van der Waals surface area contributed by atoms with E-state index in [0.717, 1.165) is 0 Å². The lowest BCUT2D eigenvalue weighted by Crippen LogP contribution is -2.32. The maximum absolute atomic E-state index is 12.8. The van der Waals surface area contributed by atoms with Gasteiger partial charge in [-0.3, -0.25) is 4.79 Å². The lowest BCUT2D eigenvalue weighted by atomic mass is 10.2. The summed E-state index contributed by atoms with van der Waals surface area (Å²) in [5, 5.41) is 3.77. The number of hydrazone groups is 1. The fraction of sp³-hybridized carbons (Fsp3) is 0.176. The first-order valence-corrected chi connectivity index (χ1v) is 8.98. The Labute approximate surface area is 145 Å². The minimum absolute atomic E-state index is 0.0214. The van der Waals surface area contributed by atoms with E-state index >= 15 is 0 Å². The molecule has 132 valence electrons. The summed E-state index contributed by atoms with van der Waals surface area (Å²) in [5.74, 6) is -1.04. The summed E-state index contributed by atoms with van der Waals surface area (Å²) >= 11 is 0. The van der Waals surface area contributed by atoms with Crippen molar-refractivity contribution in [2.24, 2.45) is 5.10 Å². The number of sulfonamides is 1. The minimum atomic E-state index is -3.82. The van der Waals surface area contributed by atoms with Gasteiger partial charge in [-0.15, -0.1) is 0 Å². The number of halogens is 1. The first-order chi connectivity index (χ1) is 11.8. The number of hydrogen-bond donors (Lipinski definition) is 2. The van der Waals surface area contributed by atoms with E-state index in [1.807, 2.05) is 0 Å². The summed E-state index contributed by atoms with van der Waals surface area (Å²) in [4.78, 5) is 12.1. The molecule has 6 nitrogen and oxygen atoms in total. The number of amides is 1. The van der Waals surface area contributed by atoms with Crippen LogP contribution in [0.2, 0.25) is 0 Å². The predicted octanol–water partition coefficient (Wildman–Crippen LogP) is 2.28. The molecular weight excluding hydrogens is 345 g/mol. The zero-order valence-corrected chi connectivity index (χ0v) is 14.5. The van der Waals surface area contributed by atoms with Crippen LogP contribution < -0.4 is 10.1 Å². The Morgan fingerprint density at radius 3 is 2.40 bits per heavy atom. The molecule has 0 aromatic heterocycles. The third kappa shape index (κ3) is 5.20. The first-order valence-electron chi connectivity index (χ1n) is 7.50. The summed E-state index contributed by atoms with van der Waals surface area (Å²) in [6, 6.07) is 11.1. The van der Waals surface area contributed by atoms with Crippen LogP contribution >= 0.6 is 0 Å². The van der Waals surface area contributed by atoms with Crippen LogP contribution in [0.1, 0.15) is 29.8 Å². The van der Waals surface area contributed by atoms with Crippen molar-refractivity contribution in [3.63, 3.8) is 0 Å². The molecule has 25 heavy (non-hydrogen) atoms. The fourth-order valence-corrected chi connectivity index (χ4v) is 3.49. The van der Waals surface area contributed by atoms with E-state index in [2.05, 4.69) is 15.2 Å². The molecule has 2 N–H and O–H groups in total. The Hall–Kier alpha value is -2.58. The van der Waals surface area contributed by atoms with E-state index in [4.69, 9.17) is 0 Å². The van der Waals surface area contributed by atoms with Gasteiger partial charge in [-0.2, -0.15) is 5.10 Å². The van der Waals surface area contributed by atoms with E-state index in [0.29, 0.717) is 5.56 Å². The van der Waals surface area contributed by atoms with Crippen molar-refractivity contribution >= 4 is 22.1 Å². The second kappa shape index (κ2) is 8.00. The normalized spacial score (nSPS) is 11.8. The summed E-state index contributed by atoms with van der Waals surface area (Å²) in [5.41, 5.74) is 2.84. The Morgan fingerprint density at radius 1 is 1.12 bits per heavy atom. The van der Waals surface area contributed by atoms with Crippen molar-refractivity contribution in [2.45, 2.75) is 24.8 Å². The molecule has 0 saturated heterocycles. The van der Waals surface area contributed by atoms with Gasteiger partial charge in [-0.25, -0.2) is 23.0 Å². The minimum Gasteiger partial charge on any atom is -0.267 e. The van der Waals surface area contributed by atoms with Crippen LogP contribution in [0.25, 0.3) is 0 Å². The fourth-order valence-electron chi connectivity index (χ4n) is 2.04. The van der Waals surface area contributed by atoms with Crippen LogP contribution in [0.5, 0.6) is 0 Å². The Kier molecular flexibility index (Phi) is 6.00. The summed E-state index contributed by atoms with van der Waals surface area (Å²) in [6.45, 7) is 3.38. The Morgan fingerprint density at radius 2 is 1.76 bits per heavy atom. The molecule has 0 atom stereocenters. The van der Waals surface area contributed by atoms with Crippen molar-refractivity contribution < 1.29 is 17.6 Å². The molecule has 0 aliphatic carbocycles. The van der Waals surface area contributed by atoms with Gasteiger partial charge in [-0.05, 0) is 43.7 Å². The number of nitrogens with one attached hydrogen (secondary N) is 2. The highest BCUT2D eigenvalue weighted by Crippen LogP contribution is 2.15. The predicted molar refractivity (Wildman–Crippen MR) is 93.4 cm³/mol. The second-order valence-electron chi connectivity index (χ2n) is 5.52. The third-order valence-corrected chi connectivity index (χ3v) is 4.78. The maximum Gasteiger partial charge on any atom is 0.272 e. The zero-order chi connectivity index (χ0) is 18.4. The number of carbonyl (C=O) groups excluding carboxylic acids is 1. The molecule has 0 bridgehead atoms. The molecule has 0 aliphatic rings. The SMILES string of the molecule is CC(C)NS(=O)(=O)c1ccccc1C(=O)N/N=C/c1ccc(F)cc1. The molecule has 2 aromatic carbocycles. The smallest absolute Gasteiger partial charge is 0.267 e. The van der Waals surface area contributed by atoms with Gasteiger partial charge in [0.25, 0.3) is 5.91 Å². The first kappa shape index (κ1) is 18.8. The molecule has 1 amide bonds. The van der Waals surface area contributed by atoms with Gasteiger partial charge < -0.3 is 0 Å². The molecule has 0 radical (unpaired) electrons. The molecule has 0 spiro atoms. The van der Waals surface area contributed by atoms with Crippen LogP contribution in [0.15, 0.2) is 58.5 Å². The largest absolute Gasteiger partial charge is 0.272 e. The number of benzene rings is 2. The van der Waals surface area contributed by atoms with Crippen LogP contribution in [0, 0.1) is 5.82 Å². The lowest BCUT2D eigenvalue weighted by Gasteiger charge is -2.12. The van der Waals surface area contributed by atoms with E-state index in [1.165, 1.54) is 48.7 Å². The highest BCUT2D eigenvalue weighted by molar-refractivity contribution is 7.89. The lowest BCUT2D eigenvalue weighted by molar-refractivity contribution is 0.0951. The van der Waals surface area contributed by atoms with Crippen molar-refractivity contribution in [2.75, 3.05) is 0 Å². The van der Waals surface area contributed by atoms with Crippen molar-refractivity contribution in [1.82, 2.24) is 10.1 Å². The van der Waals surface area contributed by atoms with Gasteiger partial charge in [-0.1, -0.05) is 24.3 Å². The quantitative estimate of drug-likeness (QED) is 0.610. The summed E-state index contributed by atoms with van der Waals surface area (Å²) < 4.78 is 39.9. The molecule has 0 saturated carbocycles. The average molecular weight is 363 g/mol. The number of hydrogen-bond acceptors (Lipinski definition) is 4. The maximum atomic E-state index is 12.8. The standard InChI is InChI=1S/C17H18FN3O3S/c1-12(2)21-25(23,24)16-6-4-3-5-15(16)17(22)20-19-11-13-7-9-14(18)10-8-13/h3-12,21H,1-2H3,(H,20,22)/b19-11+. The van der Waals surface area contributed by atoms with Gasteiger partial charge in [0.1, 0.15) is 5.82 Å². The van der Waals surface area contributed by atoms with Gasteiger partial charge in [0, 0.05) is 6.04 Å². The monoisotopic (exact) mass is 363 g/mol. The van der Waals surface area contributed by atoms with Crippen LogP contribution in [0.3, 0.4) is 0 Å². The van der Waals surface area contributed by atoms with Gasteiger partial charge in [0.05, 0.1) is 16.7 Å². The molecule has 2 aromatic rings. The summed E-state index contributed by atoms with van der Waals surface area (Å²) in [6.07, 6.45) is 1.33. The molecule has 0 unspecified atom stereocenters. The van der Waals surface area contributed by atoms with Crippen LogP contribution in [-0.2, 0) is 10.0 Å². The molecule has 0 aliphatic heterocycles. The van der Waals surface area contributed by atoms with E-state index in [1.54, 1.807) is 19.9 Å². The number of nitrogens with zero attached hydrogens (tertiary/aromatic N) is 1. The highest BCUT2D eigenvalue weighted by atomic mass is 32.2. The molecule has 8 heteroatoms.